The maximum Gasteiger partial charge on any atom is 0.0747 e. The lowest BCUT2D eigenvalue weighted by Gasteiger charge is -2.29. The van der Waals surface area contributed by atoms with Crippen LogP contribution in [-0.4, -0.2) is 20.8 Å². The first-order chi connectivity index (χ1) is 7.33. The molecule has 0 aromatic carbocycles. The van der Waals surface area contributed by atoms with E-state index in [-0.39, 0.29) is 6.04 Å². The first-order valence-electron chi connectivity index (χ1n) is 5.38. The highest BCUT2D eigenvalue weighted by molar-refractivity contribution is 8.00. The highest BCUT2D eigenvalue weighted by atomic mass is 32.2. The second-order valence-electron chi connectivity index (χ2n) is 3.93. The summed E-state index contributed by atoms with van der Waals surface area (Å²) in [4.78, 5) is 0. The van der Waals surface area contributed by atoms with Gasteiger partial charge in [-0.15, -0.1) is 0 Å². The van der Waals surface area contributed by atoms with Crippen molar-refractivity contribution in [3.8, 4) is 0 Å². The Morgan fingerprint density at radius 1 is 1.67 bits per heavy atom. The van der Waals surface area contributed by atoms with Crippen LogP contribution in [0.3, 0.4) is 0 Å². The number of nitrogens with zero attached hydrogens (tertiary/aromatic N) is 2. The molecule has 3 N–H and O–H groups in total. The van der Waals surface area contributed by atoms with Crippen molar-refractivity contribution >= 4 is 11.8 Å². The van der Waals surface area contributed by atoms with E-state index in [1.165, 1.54) is 30.7 Å². The largest absolute Gasteiger partial charge is 0.271 e. The summed E-state index contributed by atoms with van der Waals surface area (Å²) >= 11 is 2.02. The van der Waals surface area contributed by atoms with E-state index in [0.717, 1.165) is 0 Å². The molecule has 0 spiro atoms. The fourth-order valence-corrected chi connectivity index (χ4v) is 3.52. The lowest BCUT2D eigenvalue weighted by molar-refractivity contribution is 0.463. The van der Waals surface area contributed by atoms with Crippen LogP contribution in [0.5, 0.6) is 0 Å². The quantitative estimate of drug-likeness (QED) is 0.601. The molecule has 2 heterocycles. The molecule has 2 rings (SSSR count). The van der Waals surface area contributed by atoms with Gasteiger partial charge in [0.25, 0.3) is 0 Å². The Kier molecular flexibility index (Phi) is 3.66. The molecule has 1 fully saturated rings. The van der Waals surface area contributed by atoms with E-state index in [9.17, 15) is 0 Å². The van der Waals surface area contributed by atoms with Crippen LogP contribution in [-0.2, 0) is 7.05 Å². The number of hydrazine groups is 1. The Bertz CT molecular complexity index is 306. The Balaban J connectivity index is 2.12. The second kappa shape index (κ2) is 5.01. The molecule has 0 amide bonds. The molecule has 0 radical (unpaired) electrons. The summed E-state index contributed by atoms with van der Waals surface area (Å²) < 4.78 is 1.90. The number of thioether (sulfide) groups is 1. The minimum Gasteiger partial charge on any atom is -0.271 e. The van der Waals surface area contributed by atoms with E-state index < -0.39 is 0 Å². The Hall–Kier alpha value is -0.520. The highest BCUT2D eigenvalue weighted by Gasteiger charge is 2.26. The highest BCUT2D eigenvalue weighted by Crippen LogP contribution is 2.33. The van der Waals surface area contributed by atoms with E-state index in [2.05, 4.69) is 10.5 Å². The van der Waals surface area contributed by atoms with Crippen molar-refractivity contribution in [3.63, 3.8) is 0 Å². The van der Waals surface area contributed by atoms with Gasteiger partial charge in [-0.25, -0.2) is 0 Å². The first kappa shape index (κ1) is 11.0. The molecular weight excluding hydrogens is 208 g/mol. The molecule has 0 aliphatic carbocycles. The average molecular weight is 226 g/mol. The fourth-order valence-electron chi connectivity index (χ4n) is 2.10. The van der Waals surface area contributed by atoms with Gasteiger partial charge in [0.05, 0.1) is 11.7 Å². The summed E-state index contributed by atoms with van der Waals surface area (Å²) in [5.41, 5.74) is 4.11. The van der Waals surface area contributed by atoms with Gasteiger partial charge in [-0.05, 0) is 24.7 Å². The summed E-state index contributed by atoms with van der Waals surface area (Å²) in [5.74, 6) is 6.91. The average Bonchev–Trinajstić information content (AvgIpc) is 2.68. The normalized spacial score (nSPS) is 24.0. The summed E-state index contributed by atoms with van der Waals surface area (Å²) in [7, 11) is 1.97. The number of aromatic nitrogens is 2. The molecule has 1 saturated heterocycles. The summed E-state index contributed by atoms with van der Waals surface area (Å²) in [6.45, 7) is 0. The van der Waals surface area contributed by atoms with Crippen LogP contribution < -0.4 is 11.3 Å². The van der Waals surface area contributed by atoms with Gasteiger partial charge in [0, 0.05) is 18.5 Å². The maximum absolute atomic E-state index is 5.66. The molecule has 0 bridgehead atoms. The molecule has 1 aromatic rings. The zero-order valence-corrected chi connectivity index (χ0v) is 9.83. The molecule has 0 saturated carbocycles. The minimum atomic E-state index is 0.225. The number of nitrogens with one attached hydrogen (secondary N) is 1. The van der Waals surface area contributed by atoms with Crippen LogP contribution in [0, 0.1) is 0 Å². The Labute approximate surface area is 94.6 Å². The van der Waals surface area contributed by atoms with Crippen LogP contribution in [0.1, 0.15) is 31.0 Å². The molecule has 5 heteroatoms. The van der Waals surface area contributed by atoms with Crippen molar-refractivity contribution in [3.05, 3.63) is 18.0 Å². The van der Waals surface area contributed by atoms with Gasteiger partial charge in [-0.1, -0.05) is 6.42 Å². The van der Waals surface area contributed by atoms with Crippen LogP contribution in [0.4, 0.5) is 0 Å². The van der Waals surface area contributed by atoms with Gasteiger partial charge in [-0.2, -0.15) is 16.9 Å². The van der Waals surface area contributed by atoms with Gasteiger partial charge in [0.15, 0.2) is 0 Å². The predicted molar refractivity (Wildman–Crippen MR) is 63.4 cm³/mol. The van der Waals surface area contributed by atoms with Crippen molar-refractivity contribution < 1.29 is 0 Å². The molecule has 1 aromatic heterocycles. The number of nitrogens with two attached hydrogens (primary N) is 1. The topological polar surface area (TPSA) is 55.9 Å². The van der Waals surface area contributed by atoms with Crippen LogP contribution in [0.15, 0.2) is 12.3 Å². The lowest BCUT2D eigenvalue weighted by atomic mass is 10.0. The maximum atomic E-state index is 5.66. The number of hydrogen-bond donors (Lipinski definition) is 2. The molecule has 84 valence electrons. The van der Waals surface area contributed by atoms with Gasteiger partial charge in [0.2, 0.25) is 0 Å². The Morgan fingerprint density at radius 2 is 2.53 bits per heavy atom. The van der Waals surface area contributed by atoms with E-state index in [1.807, 2.05) is 35.8 Å². The first-order valence-corrected chi connectivity index (χ1v) is 6.43. The van der Waals surface area contributed by atoms with Gasteiger partial charge in [0.1, 0.15) is 0 Å². The van der Waals surface area contributed by atoms with E-state index in [4.69, 9.17) is 5.84 Å². The second-order valence-corrected chi connectivity index (χ2v) is 5.28. The molecular formula is C10H18N4S. The molecule has 1 aliphatic heterocycles. The third-order valence-electron chi connectivity index (χ3n) is 2.94. The van der Waals surface area contributed by atoms with E-state index >= 15 is 0 Å². The van der Waals surface area contributed by atoms with Crippen LogP contribution in [0.25, 0.3) is 0 Å². The molecule has 15 heavy (non-hydrogen) atoms. The fraction of sp³-hybridized carbons (Fsp3) is 0.700. The SMILES string of the molecule is Cn1nccc1C(NN)C1CCCCS1. The van der Waals surface area contributed by atoms with Crippen LogP contribution >= 0.6 is 11.8 Å². The van der Waals surface area contributed by atoms with Crippen molar-refractivity contribution in [1.82, 2.24) is 15.2 Å². The minimum absolute atomic E-state index is 0.225. The summed E-state index contributed by atoms with van der Waals surface area (Å²) in [6.07, 6.45) is 5.72. The van der Waals surface area contributed by atoms with Gasteiger partial charge < -0.3 is 0 Å². The Morgan fingerprint density at radius 3 is 3.07 bits per heavy atom. The summed E-state index contributed by atoms with van der Waals surface area (Å²) in [5, 5.41) is 4.77. The molecule has 1 aliphatic rings. The van der Waals surface area contributed by atoms with Crippen molar-refractivity contribution in [2.75, 3.05) is 5.75 Å². The lowest BCUT2D eigenvalue weighted by Crippen LogP contribution is -2.37. The van der Waals surface area contributed by atoms with E-state index in [1.54, 1.807) is 0 Å². The van der Waals surface area contributed by atoms with Crippen LogP contribution in [0.2, 0.25) is 0 Å². The standard InChI is InChI=1S/C10H18N4S/c1-14-8(5-6-12-14)10(13-11)9-4-2-3-7-15-9/h5-6,9-10,13H,2-4,7,11H2,1H3. The number of aryl methyl sites for hydroxylation is 1. The molecule has 2 atom stereocenters. The smallest absolute Gasteiger partial charge is 0.0747 e. The zero-order valence-electron chi connectivity index (χ0n) is 9.02. The van der Waals surface area contributed by atoms with Gasteiger partial charge in [-0.3, -0.25) is 16.0 Å². The summed E-state index contributed by atoms with van der Waals surface area (Å²) in [6, 6.07) is 2.27. The number of rotatable bonds is 3. The third kappa shape index (κ3) is 2.35. The van der Waals surface area contributed by atoms with Gasteiger partial charge >= 0.3 is 0 Å². The van der Waals surface area contributed by atoms with Crippen molar-refractivity contribution in [2.45, 2.75) is 30.6 Å². The molecule has 2 unspecified atom stereocenters. The van der Waals surface area contributed by atoms with Crippen molar-refractivity contribution in [1.29, 1.82) is 0 Å². The monoisotopic (exact) mass is 226 g/mol. The number of hydrogen-bond acceptors (Lipinski definition) is 4. The molecule has 4 nitrogen and oxygen atoms in total. The van der Waals surface area contributed by atoms with E-state index in [0.29, 0.717) is 5.25 Å². The third-order valence-corrected chi connectivity index (χ3v) is 4.40. The zero-order chi connectivity index (χ0) is 10.7. The van der Waals surface area contributed by atoms with Crippen molar-refractivity contribution in [2.24, 2.45) is 12.9 Å². The predicted octanol–water partition coefficient (Wildman–Crippen LogP) is 1.21.